The number of halogens is 1. The highest BCUT2D eigenvalue weighted by Crippen LogP contribution is 2.45. The van der Waals surface area contributed by atoms with E-state index in [0.717, 1.165) is 28.7 Å². The number of ether oxygens (including phenoxy) is 1. The molecule has 1 aliphatic heterocycles. The van der Waals surface area contributed by atoms with Crippen LogP contribution in [0, 0.1) is 0 Å². The van der Waals surface area contributed by atoms with Crippen LogP contribution in [0.15, 0.2) is 71.6 Å². The Bertz CT molecular complexity index is 1190. The number of hydrogen-bond donors (Lipinski definition) is 0. The van der Waals surface area contributed by atoms with Crippen LogP contribution < -0.4 is 4.90 Å². The van der Waals surface area contributed by atoms with E-state index in [4.69, 9.17) is 16.3 Å². The van der Waals surface area contributed by atoms with Crippen molar-refractivity contribution in [1.29, 1.82) is 0 Å². The SMILES string of the molecule is CC(C)(C)Sc1cccc(N2CCN(C(=O)OCC3c4ccccc4-c4ccccc43)CC2)c1Cl. The monoisotopic (exact) mass is 506 g/mol. The fraction of sp³-hybridized carbons (Fsp3) is 0.345. The number of carbonyl (C=O) groups excluding carboxylic acids is 1. The standard InChI is InChI=1S/C29H31ClN2O2S/c1-29(2,3)35-26-14-8-13-25(27(26)30)31-15-17-32(18-16-31)28(33)34-19-24-22-11-6-4-9-20(22)21-10-5-7-12-23(21)24/h4-14,24H,15-19H2,1-3H3. The molecule has 0 N–H and O–H groups in total. The van der Waals surface area contributed by atoms with Gasteiger partial charge in [-0.2, -0.15) is 0 Å². The van der Waals surface area contributed by atoms with Crippen LogP contribution in [0.5, 0.6) is 0 Å². The van der Waals surface area contributed by atoms with Gasteiger partial charge >= 0.3 is 6.09 Å². The predicted molar refractivity (Wildman–Crippen MR) is 146 cm³/mol. The Morgan fingerprint density at radius 3 is 2.11 bits per heavy atom. The summed E-state index contributed by atoms with van der Waals surface area (Å²) in [5, 5.41) is 0.794. The van der Waals surface area contributed by atoms with Gasteiger partial charge in [-0.3, -0.25) is 0 Å². The second-order valence-electron chi connectivity index (χ2n) is 10.1. The van der Waals surface area contributed by atoms with Gasteiger partial charge in [0.2, 0.25) is 0 Å². The normalized spacial score (nSPS) is 15.7. The van der Waals surface area contributed by atoms with Crippen molar-refractivity contribution < 1.29 is 9.53 Å². The van der Waals surface area contributed by atoms with E-state index in [2.05, 4.69) is 92.4 Å². The third-order valence-corrected chi connectivity index (χ3v) is 8.26. The Hall–Kier alpha value is -2.63. The van der Waals surface area contributed by atoms with E-state index >= 15 is 0 Å². The van der Waals surface area contributed by atoms with Crippen molar-refractivity contribution in [3.63, 3.8) is 0 Å². The minimum absolute atomic E-state index is 0.0782. The van der Waals surface area contributed by atoms with Crippen molar-refractivity contribution in [2.75, 3.05) is 37.7 Å². The van der Waals surface area contributed by atoms with Crippen LogP contribution >= 0.6 is 23.4 Å². The summed E-state index contributed by atoms with van der Waals surface area (Å²) in [5.74, 6) is 0.0782. The number of piperazine rings is 1. The van der Waals surface area contributed by atoms with Crippen LogP contribution in [0.4, 0.5) is 10.5 Å². The van der Waals surface area contributed by atoms with Crippen LogP contribution in [-0.2, 0) is 4.74 Å². The van der Waals surface area contributed by atoms with Gasteiger partial charge in [-0.1, -0.05) is 87.0 Å². The van der Waals surface area contributed by atoms with E-state index in [9.17, 15) is 4.79 Å². The van der Waals surface area contributed by atoms with Crippen LogP contribution in [-0.4, -0.2) is 48.5 Å². The molecule has 35 heavy (non-hydrogen) atoms. The molecule has 1 aliphatic carbocycles. The number of rotatable bonds is 4. The van der Waals surface area contributed by atoms with Crippen LogP contribution in [0.3, 0.4) is 0 Å². The first kappa shape index (κ1) is 24.1. The second kappa shape index (κ2) is 9.79. The maximum Gasteiger partial charge on any atom is 0.409 e. The van der Waals surface area contributed by atoms with Gasteiger partial charge in [0.15, 0.2) is 0 Å². The van der Waals surface area contributed by atoms with Gasteiger partial charge in [0, 0.05) is 41.7 Å². The maximum absolute atomic E-state index is 13.0. The van der Waals surface area contributed by atoms with Gasteiger partial charge in [0.25, 0.3) is 0 Å². The van der Waals surface area contributed by atoms with Gasteiger partial charge in [-0.25, -0.2) is 4.79 Å². The largest absolute Gasteiger partial charge is 0.448 e. The topological polar surface area (TPSA) is 32.8 Å². The molecular weight excluding hydrogens is 476 g/mol. The van der Waals surface area contributed by atoms with E-state index in [1.165, 1.54) is 22.3 Å². The van der Waals surface area contributed by atoms with E-state index in [0.29, 0.717) is 19.7 Å². The van der Waals surface area contributed by atoms with E-state index in [-0.39, 0.29) is 16.8 Å². The van der Waals surface area contributed by atoms with Crippen molar-refractivity contribution in [3.8, 4) is 11.1 Å². The second-order valence-corrected chi connectivity index (χ2v) is 12.3. The number of thioether (sulfide) groups is 1. The fourth-order valence-corrected chi connectivity index (χ4v) is 6.33. The summed E-state index contributed by atoms with van der Waals surface area (Å²) < 4.78 is 5.95. The van der Waals surface area contributed by atoms with Crippen molar-refractivity contribution in [3.05, 3.63) is 82.9 Å². The first-order valence-electron chi connectivity index (χ1n) is 12.1. The highest BCUT2D eigenvalue weighted by Gasteiger charge is 2.30. The number of nitrogens with zero attached hydrogens (tertiary/aromatic N) is 2. The number of benzene rings is 3. The molecule has 0 spiro atoms. The first-order valence-corrected chi connectivity index (χ1v) is 13.3. The van der Waals surface area contributed by atoms with E-state index in [1.807, 2.05) is 4.90 Å². The quantitative estimate of drug-likeness (QED) is 0.347. The molecule has 5 rings (SSSR count). The number of amides is 1. The lowest BCUT2D eigenvalue weighted by molar-refractivity contribution is 0.0977. The molecule has 0 radical (unpaired) electrons. The molecule has 2 aliphatic rings. The highest BCUT2D eigenvalue weighted by atomic mass is 35.5. The van der Waals surface area contributed by atoms with Crippen molar-refractivity contribution >= 4 is 35.1 Å². The zero-order valence-corrected chi connectivity index (χ0v) is 22.0. The van der Waals surface area contributed by atoms with E-state index in [1.54, 1.807) is 11.8 Å². The molecule has 3 aromatic carbocycles. The molecule has 0 atom stereocenters. The Balaban J connectivity index is 1.21. The van der Waals surface area contributed by atoms with E-state index < -0.39 is 0 Å². The van der Waals surface area contributed by atoms with Gasteiger partial charge in [-0.15, -0.1) is 11.8 Å². The van der Waals surface area contributed by atoms with Crippen LogP contribution in [0.2, 0.25) is 5.02 Å². The third-order valence-electron chi connectivity index (χ3n) is 6.57. The summed E-state index contributed by atoms with van der Waals surface area (Å²) in [4.78, 5) is 18.1. The summed E-state index contributed by atoms with van der Waals surface area (Å²) in [5.41, 5.74) is 5.97. The van der Waals surface area contributed by atoms with Crippen molar-refractivity contribution in [1.82, 2.24) is 4.90 Å². The number of fused-ring (bicyclic) bond motifs is 3. The zero-order chi connectivity index (χ0) is 24.6. The Morgan fingerprint density at radius 2 is 1.51 bits per heavy atom. The number of hydrogen-bond acceptors (Lipinski definition) is 4. The molecule has 0 bridgehead atoms. The number of anilines is 1. The molecule has 1 amide bonds. The molecule has 4 nitrogen and oxygen atoms in total. The molecule has 0 unspecified atom stereocenters. The lowest BCUT2D eigenvalue weighted by Gasteiger charge is -2.36. The maximum atomic E-state index is 13.0. The summed E-state index contributed by atoms with van der Waals surface area (Å²) in [6.45, 7) is 9.61. The molecule has 0 saturated carbocycles. The van der Waals surface area contributed by atoms with Gasteiger partial charge < -0.3 is 14.5 Å². The van der Waals surface area contributed by atoms with Gasteiger partial charge in [0.1, 0.15) is 6.61 Å². The first-order chi connectivity index (χ1) is 16.8. The highest BCUT2D eigenvalue weighted by molar-refractivity contribution is 8.00. The minimum Gasteiger partial charge on any atom is -0.448 e. The van der Waals surface area contributed by atoms with Crippen molar-refractivity contribution in [2.24, 2.45) is 0 Å². The summed E-state index contributed by atoms with van der Waals surface area (Å²) in [7, 11) is 0. The lowest BCUT2D eigenvalue weighted by atomic mass is 9.98. The molecule has 3 aromatic rings. The molecule has 182 valence electrons. The zero-order valence-electron chi connectivity index (χ0n) is 20.5. The predicted octanol–water partition coefficient (Wildman–Crippen LogP) is 7.30. The molecule has 6 heteroatoms. The smallest absolute Gasteiger partial charge is 0.409 e. The van der Waals surface area contributed by atoms with Gasteiger partial charge in [-0.05, 0) is 34.4 Å². The molecule has 1 saturated heterocycles. The summed E-state index contributed by atoms with van der Waals surface area (Å²) in [6.07, 6.45) is -0.241. The lowest BCUT2D eigenvalue weighted by Crippen LogP contribution is -2.49. The molecule has 1 fully saturated rings. The molecular formula is C29H31ClN2O2S. The Morgan fingerprint density at radius 1 is 0.914 bits per heavy atom. The van der Waals surface area contributed by atoms with Crippen LogP contribution in [0.25, 0.3) is 11.1 Å². The Labute approximate surface area is 217 Å². The van der Waals surface area contributed by atoms with Crippen LogP contribution in [0.1, 0.15) is 37.8 Å². The summed E-state index contributed by atoms with van der Waals surface area (Å²) >= 11 is 8.56. The summed E-state index contributed by atoms with van der Waals surface area (Å²) in [6, 6.07) is 23.0. The molecule has 1 heterocycles. The average Bonchev–Trinajstić information content (AvgIpc) is 3.17. The number of carbonyl (C=O) groups is 1. The van der Waals surface area contributed by atoms with Gasteiger partial charge in [0.05, 0.1) is 10.7 Å². The third kappa shape index (κ3) is 5.03. The fourth-order valence-electron chi connectivity index (χ4n) is 4.97. The van der Waals surface area contributed by atoms with Crippen molar-refractivity contribution in [2.45, 2.75) is 36.3 Å². The average molecular weight is 507 g/mol. The Kier molecular flexibility index (Phi) is 6.73. The molecule has 0 aromatic heterocycles. The minimum atomic E-state index is -0.241.